The number of Topliss-reactive ketones (excluding diaryl/α,β-unsaturated/α-hetero) is 1. The molecule has 142 valence electrons. The second-order valence-corrected chi connectivity index (χ2v) is 7.55. The van der Waals surface area contributed by atoms with Gasteiger partial charge in [0, 0.05) is 28.8 Å². The van der Waals surface area contributed by atoms with Crippen LogP contribution < -0.4 is 0 Å². The van der Waals surface area contributed by atoms with E-state index in [0.717, 1.165) is 36.8 Å². The number of nitro benzene ring substituents is 1. The Morgan fingerprint density at radius 1 is 1.00 bits per heavy atom. The van der Waals surface area contributed by atoms with Gasteiger partial charge in [0.05, 0.1) is 16.2 Å². The third kappa shape index (κ3) is 3.07. The highest BCUT2D eigenvalue weighted by Gasteiger charge is 2.42. The van der Waals surface area contributed by atoms with E-state index >= 15 is 0 Å². The molecule has 0 unspecified atom stereocenters. The molecule has 0 bridgehead atoms. The lowest BCUT2D eigenvalue weighted by molar-refractivity contribution is -0.384. The zero-order valence-corrected chi connectivity index (χ0v) is 15.9. The van der Waals surface area contributed by atoms with Crippen molar-refractivity contribution in [2.45, 2.75) is 44.6 Å². The molecule has 1 aliphatic heterocycles. The van der Waals surface area contributed by atoms with Gasteiger partial charge in [-0.05, 0) is 37.5 Å². The average molecular weight is 374 g/mol. The molecule has 28 heavy (non-hydrogen) atoms. The summed E-state index contributed by atoms with van der Waals surface area (Å²) in [5.41, 5.74) is 3.48. The van der Waals surface area contributed by atoms with Gasteiger partial charge in [0.15, 0.2) is 5.78 Å². The van der Waals surface area contributed by atoms with Gasteiger partial charge in [-0.1, -0.05) is 49.6 Å². The first-order chi connectivity index (χ1) is 13.5. The molecule has 2 aliphatic rings. The van der Waals surface area contributed by atoms with Crippen molar-refractivity contribution in [3.05, 3.63) is 87.0 Å². The SMILES string of the molecule is CC1=C(C(=O)c2ccccc2)C(c2ccc([N+](=O)[O-])cc2)=NC12CCCCC2. The number of aliphatic imine (C=N–C) groups is 1. The van der Waals surface area contributed by atoms with Crippen LogP contribution in [0.5, 0.6) is 0 Å². The minimum atomic E-state index is -0.417. The van der Waals surface area contributed by atoms with Gasteiger partial charge in [0.2, 0.25) is 0 Å². The summed E-state index contributed by atoms with van der Waals surface area (Å²) >= 11 is 0. The summed E-state index contributed by atoms with van der Waals surface area (Å²) in [7, 11) is 0. The Balaban J connectivity index is 1.83. The Kier molecular flexibility index (Phi) is 4.67. The maximum absolute atomic E-state index is 13.4. The molecule has 5 nitrogen and oxygen atoms in total. The van der Waals surface area contributed by atoms with Crippen LogP contribution in [0.4, 0.5) is 5.69 Å². The van der Waals surface area contributed by atoms with Crippen molar-refractivity contribution >= 4 is 17.2 Å². The number of non-ortho nitro benzene ring substituents is 1. The summed E-state index contributed by atoms with van der Waals surface area (Å²) in [4.78, 5) is 29.1. The second-order valence-electron chi connectivity index (χ2n) is 7.55. The van der Waals surface area contributed by atoms with E-state index in [1.165, 1.54) is 18.6 Å². The first-order valence-electron chi connectivity index (χ1n) is 9.68. The van der Waals surface area contributed by atoms with Crippen molar-refractivity contribution in [1.82, 2.24) is 0 Å². The van der Waals surface area contributed by atoms with Gasteiger partial charge in [0.1, 0.15) is 0 Å². The van der Waals surface area contributed by atoms with E-state index in [0.29, 0.717) is 16.8 Å². The Bertz CT molecular complexity index is 982. The van der Waals surface area contributed by atoms with E-state index in [4.69, 9.17) is 4.99 Å². The molecule has 0 aromatic heterocycles. The number of allylic oxidation sites excluding steroid dienone is 1. The molecule has 1 fully saturated rings. The molecule has 0 amide bonds. The lowest BCUT2D eigenvalue weighted by atomic mass is 9.76. The normalized spacial score (nSPS) is 18.2. The van der Waals surface area contributed by atoms with Crippen molar-refractivity contribution in [3.8, 4) is 0 Å². The Labute approximate surface area is 164 Å². The van der Waals surface area contributed by atoms with E-state index in [1.807, 2.05) is 37.3 Å². The number of carbonyl (C=O) groups excluding carboxylic acids is 1. The van der Waals surface area contributed by atoms with Gasteiger partial charge in [0.25, 0.3) is 5.69 Å². The largest absolute Gasteiger partial charge is 0.289 e. The van der Waals surface area contributed by atoms with E-state index in [1.54, 1.807) is 12.1 Å². The van der Waals surface area contributed by atoms with Crippen molar-refractivity contribution in [1.29, 1.82) is 0 Å². The fraction of sp³-hybridized carbons (Fsp3) is 0.304. The van der Waals surface area contributed by atoms with Gasteiger partial charge < -0.3 is 0 Å². The number of benzene rings is 2. The molecule has 0 atom stereocenters. The maximum Gasteiger partial charge on any atom is 0.269 e. The number of ketones is 1. The molecular weight excluding hydrogens is 352 g/mol. The van der Waals surface area contributed by atoms with Crippen LogP contribution in [-0.4, -0.2) is 22.0 Å². The molecule has 5 heteroatoms. The Morgan fingerprint density at radius 2 is 1.64 bits per heavy atom. The summed E-state index contributed by atoms with van der Waals surface area (Å²) in [5.74, 6) is -0.0300. The molecule has 2 aromatic carbocycles. The standard InChI is InChI=1S/C23H22N2O3/c1-16-20(22(26)18-8-4-2-5-9-18)21(24-23(16)14-6-3-7-15-23)17-10-12-19(13-11-17)25(27)28/h2,4-5,8-13H,3,6-7,14-15H2,1H3. The number of hydrogen-bond acceptors (Lipinski definition) is 4. The molecular formula is C23H22N2O3. The molecule has 1 heterocycles. The first kappa shape index (κ1) is 18.3. The van der Waals surface area contributed by atoms with Crippen LogP contribution in [0.1, 0.15) is 54.9 Å². The molecule has 0 saturated heterocycles. The summed E-state index contributed by atoms with van der Waals surface area (Å²) in [5, 5.41) is 11.0. The fourth-order valence-corrected chi connectivity index (χ4v) is 4.35. The van der Waals surface area contributed by atoms with Crippen molar-refractivity contribution in [2.75, 3.05) is 0 Å². The molecule has 1 aliphatic carbocycles. The van der Waals surface area contributed by atoms with E-state index in [-0.39, 0.29) is 17.0 Å². The highest BCUT2D eigenvalue weighted by molar-refractivity contribution is 6.34. The molecule has 1 saturated carbocycles. The maximum atomic E-state index is 13.4. The predicted molar refractivity (Wildman–Crippen MR) is 109 cm³/mol. The lowest BCUT2D eigenvalue weighted by Gasteiger charge is -2.32. The highest BCUT2D eigenvalue weighted by Crippen LogP contribution is 2.44. The summed E-state index contributed by atoms with van der Waals surface area (Å²) in [6, 6.07) is 15.6. The van der Waals surface area contributed by atoms with Crippen LogP contribution in [0.15, 0.2) is 70.7 Å². The van der Waals surface area contributed by atoms with Crippen molar-refractivity contribution in [3.63, 3.8) is 0 Å². The second kappa shape index (κ2) is 7.15. The predicted octanol–water partition coefficient (Wildman–Crippen LogP) is 5.30. The van der Waals surface area contributed by atoms with E-state index in [9.17, 15) is 14.9 Å². The van der Waals surface area contributed by atoms with Crippen LogP contribution >= 0.6 is 0 Å². The molecule has 0 radical (unpaired) electrons. The quantitative estimate of drug-likeness (QED) is 0.414. The van der Waals surface area contributed by atoms with Crippen LogP contribution in [0.3, 0.4) is 0 Å². The van der Waals surface area contributed by atoms with Crippen LogP contribution in [0, 0.1) is 10.1 Å². The van der Waals surface area contributed by atoms with Gasteiger partial charge in [-0.15, -0.1) is 0 Å². The summed E-state index contributed by atoms with van der Waals surface area (Å²) in [6.45, 7) is 2.03. The number of nitro groups is 1. The van der Waals surface area contributed by atoms with Crippen molar-refractivity contribution < 1.29 is 9.72 Å². The third-order valence-corrected chi connectivity index (χ3v) is 5.93. The van der Waals surface area contributed by atoms with Gasteiger partial charge >= 0.3 is 0 Å². The number of hydrogen-bond donors (Lipinski definition) is 0. The minimum absolute atomic E-state index is 0.0300. The minimum Gasteiger partial charge on any atom is -0.289 e. The van der Waals surface area contributed by atoms with Gasteiger partial charge in [-0.25, -0.2) is 0 Å². The van der Waals surface area contributed by atoms with E-state index < -0.39 is 4.92 Å². The summed E-state index contributed by atoms with van der Waals surface area (Å²) < 4.78 is 0. The third-order valence-electron chi connectivity index (χ3n) is 5.93. The smallest absolute Gasteiger partial charge is 0.269 e. The summed E-state index contributed by atoms with van der Waals surface area (Å²) in [6.07, 6.45) is 5.28. The highest BCUT2D eigenvalue weighted by atomic mass is 16.6. The number of carbonyl (C=O) groups is 1. The Morgan fingerprint density at radius 3 is 2.25 bits per heavy atom. The lowest BCUT2D eigenvalue weighted by Crippen LogP contribution is -2.29. The zero-order valence-electron chi connectivity index (χ0n) is 15.9. The number of nitrogens with zero attached hydrogens (tertiary/aromatic N) is 2. The van der Waals surface area contributed by atoms with Gasteiger partial charge in [-0.3, -0.25) is 19.9 Å². The fourth-order valence-electron chi connectivity index (χ4n) is 4.35. The first-order valence-corrected chi connectivity index (χ1v) is 9.68. The molecule has 0 N–H and O–H groups in total. The van der Waals surface area contributed by atoms with Crippen LogP contribution in [0.2, 0.25) is 0 Å². The molecule has 1 spiro atoms. The number of rotatable bonds is 4. The molecule has 2 aromatic rings. The van der Waals surface area contributed by atoms with Crippen molar-refractivity contribution in [2.24, 2.45) is 4.99 Å². The molecule has 4 rings (SSSR count). The topological polar surface area (TPSA) is 72.6 Å². The van der Waals surface area contributed by atoms with Crippen LogP contribution in [-0.2, 0) is 0 Å². The zero-order chi connectivity index (χ0) is 19.7. The average Bonchev–Trinajstić information content (AvgIpc) is 3.00. The van der Waals surface area contributed by atoms with Crippen LogP contribution in [0.25, 0.3) is 0 Å². The Hall–Kier alpha value is -3.08. The van der Waals surface area contributed by atoms with Gasteiger partial charge in [-0.2, -0.15) is 0 Å². The van der Waals surface area contributed by atoms with E-state index in [2.05, 4.69) is 0 Å². The monoisotopic (exact) mass is 374 g/mol.